The van der Waals surface area contributed by atoms with Gasteiger partial charge < -0.3 is 9.47 Å². The Kier molecular flexibility index (Phi) is 6.80. The van der Waals surface area contributed by atoms with Crippen molar-refractivity contribution >= 4 is 22.6 Å². The molecule has 0 saturated heterocycles. The van der Waals surface area contributed by atoms with Crippen molar-refractivity contribution in [3.05, 3.63) is 0 Å². The van der Waals surface area contributed by atoms with E-state index in [2.05, 4.69) is 64.1 Å². The van der Waals surface area contributed by atoms with Crippen molar-refractivity contribution in [2.75, 3.05) is 17.6 Å². The summed E-state index contributed by atoms with van der Waals surface area (Å²) in [6, 6.07) is 0. The van der Waals surface area contributed by atoms with Crippen LogP contribution in [0.2, 0.25) is 0 Å². The third-order valence-corrected chi connectivity index (χ3v) is 5.78. The van der Waals surface area contributed by atoms with Crippen molar-refractivity contribution in [1.82, 2.24) is 0 Å². The lowest BCUT2D eigenvalue weighted by Crippen LogP contribution is -2.42. The maximum Gasteiger partial charge on any atom is 0.0772 e. The third kappa shape index (κ3) is 6.18. The highest BCUT2D eigenvalue weighted by molar-refractivity contribution is 14.1. The van der Waals surface area contributed by atoms with Gasteiger partial charge in [-0.25, -0.2) is 0 Å². The van der Waals surface area contributed by atoms with Gasteiger partial charge in [0.25, 0.3) is 0 Å². The van der Waals surface area contributed by atoms with Gasteiger partial charge in [-0.05, 0) is 57.8 Å². The number of rotatable bonds is 5. The summed E-state index contributed by atoms with van der Waals surface area (Å²) in [6.45, 7) is 14.8. The van der Waals surface area contributed by atoms with Crippen LogP contribution in [-0.2, 0) is 9.47 Å². The Morgan fingerprint density at radius 1 is 1.00 bits per heavy atom. The molecule has 0 aromatic carbocycles. The highest BCUT2D eigenvalue weighted by Crippen LogP contribution is 2.43. The molecule has 20 heavy (non-hydrogen) atoms. The fraction of sp³-hybridized carbons (Fsp3) is 1.00. The predicted molar refractivity (Wildman–Crippen MR) is 94.7 cm³/mol. The summed E-state index contributed by atoms with van der Waals surface area (Å²) in [5.74, 6) is 0.841. The van der Waals surface area contributed by atoms with Gasteiger partial charge in [-0.1, -0.05) is 43.4 Å². The first-order valence-corrected chi connectivity index (χ1v) is 9.44. The molecule has 1 rings (SSSR count). The first-order valence-electron chi connectivity index (χ1n) is 7.92. The normalized spacial score (nSPS) is 28.6. The highest BCUT2D eigenvalue weighted by atomic mass is 127. The molecule has 0 amide bonds. The van der Waals surface area contributed by atoms with E-state index in [-0.39, 0.29) is 11.2 Å². The lowest BCUT2D eigenvalue weighted by atomic mass is 9.69. The number of hydrogen-bond acceptors (Lipinski definition) is 2. The molecule has 1 aliphatic carbocycles. The fourth-order valence-corrected chi connectivity index (χ4v) is 3.92. The molecule has 0 aliphatic heterocycles. The minimum absolute atomic E-state index is 0.0647. The van der Waals surface area contributed by atoms with Gasteiger partial charge in [-0.2, -0.15) is 0 Å². The first-order chi connectivity index (χ1) is 9.08. The van der Waals surface area contributed by atoms with E-state index in [0.29, 0.717) is 12.0 Å². The molecule has 3 heteroatoms. The Hall–Kier alpha value is 0.650. The van der Waals surface area contributed by atoms with Crippen LogP contribution in [0.1, 0.15) is 67.2 Å². The zero-order valence-electron chi connectivity index (χ0n) is 14.2. The van der Waals surface area contributed by atoms with Crippen LogP contribution in [0, 0.1) is 11.3 Å². The fourth-order valence-electron chi connectivity index (χ4n) is 2.93. The van der Waals surface area contributed by atoms with Crippen LogP contribution in [0.25, 0.3) is 0 Å². The molecular formula is C17H33IO2. The van der Waals surface area contributed by atoms with Crippen molar-refractivity contribution < 1.29 is 9.47 Å². The van der Waals surface area contributed by atoms with Gasteiger partial charge in [-0.3, -0.25) is 0 Å². The number of ether oxygens (including phenoxy) is 2. The van der Waals surface area contributed by atoms with Crippen LogP contribution >= 0.6 is 22.6 Å². The van der Waals surface area contributed by atoms with Crippen LogP contribution in [-0.4, -0.2) is 28.8 Å². The molecule has 0 aromatic rings. The van der Waals surface area contributed by atoms with Crippen LogP contribution < -0.4 is 0 Å². The van der Waals surface area contributed by atoms with E-state index in [1.807, 2.05) is 0 Å². The second-order valence-electron chi connectivity index (χ2n) is 8.27. The van der Waals surface area contributed by atoms with Crippen molar-refractivity contribution in [2.45, 2.75) is 78.4 Å². The molecule has 0 radical (unpaired) electrons. The van der Waals surface area contributed by atoms with E-state index in [1.54, 1.807) is 0 Å². The van der Waals surface area contributed by atoms with E-state index >= 15 is 0 Å². The summed E-state index contributed by atoms with van der Waals surface area (Å²) < 4.78 is 13.1. The van der Waals surface area contributed by atoms with Crippen LogP contribution in [0.5, 0.6) is 0 Å². The second-order valence-corrected chi connectivity index (χ2v) is 9.03. The number of hydrogen-bond donors (Lipinski definition) is 0. The van der Waals surface area contributed by atoms with Crippen LogP contribution in [0.15, 0.2) is 0 Å². The lowest BCUT2D eigenvalue weighted by molar-refractivity contribution is -0.103. The Bertz CT molecular complexity index is 280. The molecule has 0 heterocycles. The molecule has 2 nitrogen and oxygen atoms in total. The van der Waals surface area contributed by atoms with E-state index < -0.39 is 0 Å². The van der Waals surface area contributed by atoms with E-state index in [0.717, 1.165) is 17.0 Å². The molecule has 0 bridgehead atoms. The van der Waals surface area contributed by atoms with Gasteiger partial charge in [0.2, 0.25) is 0 Å². The van der Waals surface area contributed by atoms with Crippen molar-refractivity contribution in [1.29, 1.82) is 0 Å². The average Bonchev–Trinajstić information content (AvgIpc) is 2.33. The van der Waals surface area contributed by atoms with E-state index in [9.17, 15) is 0 Å². The number of alkyl halides is 1. The van der Waals surface area contributed by atoms with E-state index in [1.165, 1.54) is 25.7 Å². The second kappa shape index (κ2) is 7.28. The third-order valence-electron chi connectivity index (χ3n) is 4.39. The molecule has 0 spiro atoms. The Morgan fingerprint density at radius 2 is 1.55 bits per heavy atom. The molecule has 1 aliphatic rings. The predicted octanol–water partition coefficient (Wildman–Crippen LogP) is 5.23. The van der Waals surface area contributed by atoms with Crippen molar-refractivity contribution in [3.63, 3.8) is 0 Å². The maximum absolute atomic E-state index is 6.24. The summed E-state index contributed by atoms with van der Waals surface area (Å²) in [4.78, 5) is 0. The SMILES string of the molecule is CC(C)(C)OCCOC1(CI)CCC(C(C)(C)C)CC1. The summed E-state index contributed by atoms with van der Waals surface area (Å²) in [5.41, 5.74) is 0.473. The van der Waals surface area contributed by atoms with Gasteiger partial charge in [0, 0.05) is 4.43 Å². The largest absolute Gasteiger partial charge is 0.373 e. The van der Waals surface area contributed by atoms with Gasteiger partial charge in [0.15, 0.2) is 0 Å². The topological polar surface area (TPSA) is 18.5 Å². The molecule has 120 valence electrons. The first kappa shape index (κ1) is 18.7. The Morgan fingerprint density at radius 3 is 1.95 bits per heavy atom. The van der Waals surface area contributed by atoms with Gasteiger partial charge in [-0.15, -0.1) is 0 Å². The monoisotopic (exact) mass is 396 g/mol. The van der Waals surface area contributed by atoms with Crippen LogP contribution in [0.4, 0.5) is 0 Å². The number of halogens is 1. The van der Waals surface area contributed by atoms with Gasteiger partial charge in [0.1, 0.15) is 0 Å². The summed E-state index contributed by atoms with van der Waals surface area (Å²) in [5, 5.41) is 0. The summed E-state index contributed by atoms with van der Waals surface area (Å²) in [6.07, 6.45) is 5.00. The lowest BCUT2D eigenvalue weighted by Gasteiger charge is -2.43. The summed E-state index contributed by atoms with van der Waals surface area (Å²) >= 11 is 2.49. The minimum Gasteiger partial charge on any atom is -0.373 e. The zero-order chi connectivity index (χ0) is 15.4. The molecule has 1 fully saturated rings. The Labute approximate surface area is 139 Å². The standard InChI is InChI=1S/C17H33IO2/c1-15(2,3)14-7-9-17(13-18,10-8-14)20-12-11-19-16(4,5)6/h14H,7-13H2,1-6H3. The zero-order valence-corrected chi connectivity index (χ0v) is 16.4. The van der Waals surface area contributed by atoms with Crippen molar-refractivity contribution in [3.8, 4) is 0 Å². The molecule has 0 atom stereocenters. The minimum atomic E-state index is -0.0647. The van der Waals surface area contributed by atoms with E-state index in [4.69, 9.17) is 9.47 Å². The quantitative estimate of drug-likeness (QED) is 0.360. The van der Waals surface area contributed by atoms with Crippen LogP contribution in [0.3, 0.4) is 0 Å². The van der Waals surface area contributed by atoms with Gasteiger partial charge >= 0.3 is 0 Å². The van der Waals surface area contributed by atoms with Crippen molar-refractivity contribution in [2.24, 2.45) is 11.3 Å². The Balaban J connectivity index is 2.39. The molecule has 1 saturated carbocycles. The molecule has 0 unspecified atom stereocenters. The molecule has 0 aromatic heterocycles. The molecular weight excluding hydrogens is 363 g/mol. The maximum atomic E-state index is 6.24. The average molecular weight is 396 g/mol. The highest BCUT2D eigenvalue weighted by Gasteiger charge is 2.38. The van der Waals surface area contributed by atoms with Gasteiger partial charge in [0.05, 0.1) is 24.4 Å². The molecule has 0 N–H and O–H groups in total. The summed E-state index contributed by atoms with van der Waals surface area (Å²) in [7, 11) is 0. The smallest absolute Gasteiger partial charge is 0.0772 e.